The highest BCUT2D eigenvalue weighted by Gasteiger charge is 2.19. The molecule has 23 heavy (non-hydrogen) atoms. The van der Waals surface area contributed by atoms with Gasteiger partial charge in [-0.3, -0.25) is 9.59 Å². The van der Waals surface area contributed by atoms with Gasteiger partial charge in [0, 0.05) is 11.6 Å². The van der Waals surface area contributed by atoms with Gasteiger partial charge in [-0.25, -0.2) is 0 Å². The predicted octanol–water partition coefficient (Wildman–Crippen LogP) is 2.02. The average molecular weight is 316 g/mol. The third-order valence-electron chi connectivity index (χ3n) is 4.04. The molecular weight excluding hydrogens is 292 g/mol. The van der Waals surface area contributed by atoms with Gasteiger partial charge in [-0.2, -0.15) is 0 Å². The fourth-order valence-electron chi connectivity index (χ4n) is 2.52. The Kier molecular flexibility index (Phi) is 6.35. The summed E-state index contributed by atoms with van der Waals surface area (Å²) in [5, 5.41) is 14.8. The van der Waals surface area contributed by atoms with Crippen LogP contribution in [0, 0.1) is 5.92 Å². The van der Waals surface area contributed by atoms with E-state index in [1.165, 1.54) is 0 Å². The molecule has 5 heteroatoms. The van der Waals surface area contributed by atoms with E-state index in [1.54, 1.807) is 0 Å². The van der Waals surface area contributed by atoms with Crippen LogP contribution in [-0.2, 0) is 16.0 Å². The fourth-order valence-corrected chi connectivity index (χ4v) is 2.52. The molecular formula is C18H24N2O3. The van der Waals surface area contributed by atoms with Crippen molar-refractivity contribution in [1.29, 1.82) is 0 Å². The Hall–Kier alpha value is -2.14. The monoisotopic (exact) mass is 316 g/mol. The zero-order valence-corrected chi connectivity index (χ0v) is 13.4. The molecule has 3 N–H and O–H groups in total. The van der Waals surface area contributed by atoms with Crippen LogP contribution in [0.15, 0.2) is 36.4 Å². The van der Waals surface area contributed by atoms with Crippen LogP contribution in [0.3, 0.4) is 0 Å². The topological polar surface area (TPSA) is 78.4 Å². The van der Waals surface area contributed by atoms with E-state index < -0.39 is 0 Å². The first-order chi connectivity index (χ1) is 11.1. The number of aliphatic hydroxyl groups excluding tert-OH is 1. The SMILES string of the molecule is CCC(CO)NC(=O)Cc1ccc(NC(=O)C2CC=CC2)cc1. The number of benzene rings is 1. The summed E-state index contributed by atoms with van der Waals surface area (Å²) >= 11 is 0. The fraction of sp³-hybridized carbons (Fsp3) is 0.444. The molecule has 0 fully saturated rings. The second-order valence-corrected chi connectivity index (χ2v) is 5.86. The maximum Gasteiger partial charge on any atom is 0.228 e. The molecule has 1 aliphatic carbocycles. The number of nitrogens with one attached hydrogen (secondary N) is 2. The maximum absolute atomic E-state index is 12.0. The van der Waals surface area contributed by atoms with Gasteiger partial charge in [0.25, 0.3) is 0 Å². The van der Waals surface area contributed by atoms with Crippen molar-refractivity contribution in [3.63, 3.8) is 0 Å². The van der Waals surface area contributed by atoms with Crippen LogP contribution in [0.1, 0.15) is 31.7 Å². The summed E-state index contributed by atoms with van der Waals surface area (Å²) in [5.41, 5.74) is 1.61. The molecule has 0 aliphatic heterocycles. The van der Waals surface area contributed by atoms with Gasteiger partial charge in [-0.15, -0.1) is 0 Å². The Bertz CT molecular complexity index is 554. The van der Waals surface area contributed by atoms with E-state index in [2.05, 4.69) is 10.6 Å². The molecule has 124 valence electrons. The third kappa shape index (κ3) is 5.21. The molecule has 0 heterocycles. The van der Waals surface area contributed by atoms with Crippen molar-refractivity contribution < 1.29 is 14.7 Å². The summed E-state index contributed by atoms with van der Waals surface area (Å²) in [6, 6.07) is 7.10. The van der Waals surface area contributed by atoms with E-state index in [-0.39, 0.29) is 36.8 Å². The molecule has 1 aliphatic rings. The highest BCUT2D eigenvalue weighted by Crippen LogP contribution is 2.20. The lowest BCUT2D eigenvalue weighted by atomic mass is 10.1. The van der Waals surface area contributed by atoms with Gasteiger partial charge in [0.1, 0.15) is 0 Å². The molecule has 0 saturated heterocycles. The molecule has 5 nitrogen and oxygen atoms in total. The molecule has 0 aromatic heterocycles. The van der Waals surface area contributed by atoms with E-state index in [1.807, 2.05) is 43.3 Å². The smallest absolute Gasteiger partial charge is 0.228 e. The summed E-state index contributed by atoms with van der Waals surface area (Å²) in [6.07, 6.45) is 6.62. The normalized spacial score (nSPS) is 15.4. The highest BCUT2D eigenvalue weighted by molar-refractivity contribution is 5.93. The minimum Gasteiger partial charge on any atom is -0.394 e. The van der Waals surface area contributed by atoms with Gasteiger partial charge in [0.15, 0.2) is 0 Å². The molecule has 1 unspecified atom stereocenters. The molecule has 2 amide bonds. The molecule has 2 rings (SSSR count). The van der Waals surface area contributed by atoms with Crippen LogP contribution in [0.4, 0.5) is 5.69 Å². The van der Waals surface area contributed by atoms with Crippen LogP contribution in [0.5, 0.6) is 0 Å². The lowest BCUT2D eigenvalue weighted by Crippen LogP contribution is -2.37. The molecule has 0 bridgehead atoms. The number of carbonyl (C=O) groups excluding carboxylic acids is 2. The van der Waals surface area contributed by atoms with Crippen molar-refractivity contribution in [2.75, 3.05) is 11.9 Å². The van der Waals surface area contributed by atoms with Gasteiger partial charge < -0.3 is 15.7 Å². The number of hydrogen-bond donors (Lipinski definition) is 3. The van der Waals surface area contributed by atoms with Crippen LogP contribution in [0.25, 0.3) is 0 Å². The first kappa shape index (κ1) is 17.2. The molecule has 1 aromatic carbocycles. The van der Waals surface area contributed by atoms with Crippen molar-refractivity contribution >= 4 is 17.5 Å². The van der Waals surface area contributed by atoms with Gasteiger partial charge in [-0.1, -0.05) is 31.2 Å². The molecule has 0 radical (unpaired) electrons. The Morgan fingerprint density at radius 1 is 1.22 bits per heavy atom. The highest BCUT2D eigenvalue weighted by atomic mass is 16.3. The number of allylic oxidation sites excluding steroid dienone is 2. The Balaban J connectivity index is 1.84. The maximum atomic E-state index is 12.0. The second-order valence-electron chi connectivity index (χ2n) is 5.86. The summed E-state index contributed by atoms with van der Waals surface area (Å²) in [5.74, 6) is -0.0427. The van der Waals surface area contributed by atoms with Gasteiger partial charge in [0.05, 0.1) is 19.1 Å². The second kappa shape index (κ2) is 8.48. The Morgan fingerprint density at radius 2 is 1.87 bits per heavy atom. The number of anilines is 1. The number of hydrogen-bond acceptors (Lipinski definition) is 3. The van der Waals surface area contributed by atoms with E-state index >= 15 is 0 Å². The molecule has 0 spiro atoms. The number of amides is 2. The van der Waals surface area contributed by atoms with E-state index in [4.69, 9.17) is 5.11 Å². The standard InChI is InChI=1S/C18H24N2O3/c1-2-15(12-21)19-17(22)11-13-7-9-16(10-8-13)20-18(23)14-5-3-4-6-14/h3-4,7-10,14-15,21H,2,5-6,11-12H2,1H3,(H,19,22)(H,20,23). The van der Waals surface area contributed by atoms with Crippen LogP contribution >= 0.6 is 0 Å². The summed E-state index contributed by atoms with van der Waals surface area (Å²) in [7, 11) is 0. The van der Waals surface area contributed by atoms with Crippen LogP contribution in [-0.4, -0.2) is 29.6 Å². The molecule has 0 saturated carbocycles. The Labute approximate surface area is 136 Å². The molecule has 1 aromatic rings. The zero-order chi connectivity index (χ0) is 16.7. The summed E-state index contributed by atoms with van der Waals surface area (Å²) in [4.78, 5) is 23.9. The third-order valence-corrected chi connectivity index (χ3v) is 4.04. The Morgan fingerprint density at radius 3 is 2.43 bits per heavy atom. The van der Waals surface area contributed by atoms with Gasteiger partial charge in [0.2, 0.25) is 11.8 Å². The lowest BCUT2D eigenvalue weighted by Gasteiger charge is -2.14. The summed E-state index contributed by atoms with van der Waals surface area (Å²) in [6.45, 7) is 1.86. The first-order valence-corrected chi connectivity index (χ1v) is 8.07. The van der Waals surface area contributed by atoms with Gasteiger partial charge in [-0.05, 0) is 37.0 Å². The largest absolute Gasteiger partial charge is 0.394 e. The lowest BCUT2D eigenvalue weighted by molar-refractivity contribution is -0.121. The van der Waals surface area contributed by atoms with E-state index in [0.717, 1.165) is 24.1 Å². The van der Waals surface area contributed by atoms with Crippen LogP contribution in [0.2, 0.25) is 0 Å². The van der Waals surface area contributed by atoms with Crippen molar-refractivity contribution in [2.45, 2.75) is 38.6 Å². The minimum absolute atomic E-state index is 0.0323. The van der Waals surface area contributed by atoms with Crippen LogP contribution < -0.4 is 10.6 Å². The zero-order valence-electron chi connectivity index (χ0n) is 13.4. The van der Waals surface area contributed by atoms with Crippen molar-refractivity contribution in [3.05, 3.63) is 42.0 Å². The first-order valence-electron chi connectivity index (χ1n) is 8.07. The van der Waals surface area contributed by atoms with E-state index in [0.29, 0.717) is 6.42 Å². The molecule has 1 atom stereocenters. The quantitative estimate of drug-likeness (QED) is 0.673. The van der Waals surface area contributed by atoms with E-state index in [9.17, 15) is 9.59 Å². The number of carbonyl (C=O) groups is 2. The van der Waals surface area contributed by atoms with Crippen molar-refractivity contribution in [3.8, 4) is 0 Å². The van der Waals surface area contributed by atoms with Crippen molar-refractivity contribution in [1.82, 2.24) is 5.32 Å². The number of rotatable bonds is 7. The average Bonchev–Trinajstić information content (AvgIpc) is 3.09. The minimum atomic E-state index is -0.193. The predicted molar refractivity (Wildman–Crippen MR) is 89.9 cm³/mol. The summed E-state index contributed by atoms with van der Waals surface area (Å²) < 4.78 is 0. The van der Waals surface area contributed by atoms with Crippen molar-refractivity contribution in [2.24, 2.45) is 5.92 Å². The van der Waals surface area contributed by atoms with Gasteiger partial charge >= 0.3 is 0 Å². The number of aliphatic hydroxyl groups is 1.